The monoisotopic (exact) mass is 242 g/mol. The van der Waals surface area contributed by atoms with Gasteiger partial charge in [-0.05, 0) is 24.6 Å². The molecule has 0 fully saturated rings. The van der Waals surface area contributed by atoms with Crippen LogP contribution >= 0.6 is 0 Å². The highest BCUT2D eigenvalue weighted by molar-refractivity contribution is 5.51. The Balaban J connectivity index is 2.02. The van der Waals surface area contributed by atoms with Crippen LogP contribution in [-0.4, -0.2) is 21.5 Å². The number of aromatic nitrogens is 3. The van der Waals surface area contributed by atoms with Gasteiger partial charge >= 0.3 is 0 Å². The third-order valence-electron chi connectivity index (χ3n) is 2.64. The molecule has 1 N–H and O–H groups in total. The molecule has 4 nitrogen and oxygen atoms in total. The Hall–Kier alpha value is -1.97. The number of nitrogens with zero attached hydrogens (tertiary/aromatic N) is 3. The van der Waals surface area contributed by atoms with Gasteiger partial charge in [0, 0.05) is 18.9 Å². The molecule has 0 aliphatic rings. The standard InChI is InChI=1S/C14H18N4/c1-2-3-5-10-16-13-8-11-17-14(18-13)12-7-4-6-9-15-12/h4,6-9,11H,2-3,5,10H2,1H3,(H,16,17,18). The van der Waals surface area contributed by atoms with Crippen molar-refractivity contribution in [2.75, 3.05) is 11.9 Å². The third-order valence-corrected chi connectivity index (χ3v) is 2.64. The van der Waals surface area contributed by atoms with E-state index in [4.69, 9.17) is 0 Å². The fraction of sp³-hybridized carbons (Fsp3) is 0.357. The van der Waals surface area contributed by atoms with Crippen LogP contribution in [-0.2, 0) is 0 Å². The van der Waals surface area contributed by atoms with E-state index in [0.29, 0.717) is 5.82 Å². The van der Waals surface area contributed by atoms with Crippen LogP contribution in [0.1, 0.15) is 26.2 Å². The van der Waals surface area contributed by atoms with Gasteiger partial charge in [-0.3, -0.25) is 4.98 Å². The number of anilines is 1. The van der Waals surface area contributed by atoms with Crippen molar-refractivity contribution in [2.24, 2.45) is 0 Å². The smallest absolute Gasteiger partial charge is 0.180 e. The number of unbranched alkanes of at least 4 members (excludes halogenated alkanes) is 2. The minimum atomic E-state index is 0.663. The second kappa shape index (κ2) is 6.69. The van der Waals surface area contributed by atoms with Crippen molar-refractivity contribution in [3.8, 4) is 11.5 Å². The minimum Gasteiger partial charge on any atom is -0.370 e. The number of pyridine rings is 1. The maximum absolute atomic E-state index is 4.46. The summed E-state index contributed by atoms with van der Waals surface area (Å²) in [5.41, 5.74) is 0.801. The van der Waals surface area contributed by atoms with Gasteiger partial charge in [-0.2, -0.15) is 0 Å². The molecule has 0 unspecified atom stereocenters. The van der Waals surface area contributed by atoms with E-state index in [0.717, 1.165) is 18.1 Å². The second-order valence-corrected chi connectivity index (χ2v) is 4.11. The number of hydrogen-bond acceptors (Lipinski definition) is 4. The molecule has 94 valence electrons. The van der Waals surface area contributed by atoms with Crippen LogP contribution in [0.15, 0.2) is 36.7 Å². The van der Waals surface area contributed by atoms with Gasteiger partial charge in [-0.25, -0.2) is 9.97 Å². The van der Waals surface area contributed by atoms with E-state index >= 15 is 0 Å². The Kier molecular flexibility index (Phi) is 4.64. The topological polar surface area (TPSA) is 50.7 Å². The highest BCUT2D eigenvalue weighted by Gasteiger charge is 2.02. The van der Waals surface area contributed by atoms with Crippen molar-refractivity contribution in [3.63, 3.8) is 0 Å². The Morgan fingerprint density at radius 3 is 2.78 bits per heavy atom. The van der Waals surface area contributed by atoms with Crippen LogP contribution in [0.4, 0.5) is 5.82 Å². The summed E-state index contributed by atoms with van der Waals surface area (Å²) >= 11 is 0. The molecule has 0 saturated heterocycles. The first kappa shape index (κ1) is 12.5. The zero-order valence-electron chi connectivity index (χ0n) is 10.6. The van der Waals surface area contributed by atoms with Gasteiger partial charge in [0.05, 0.1) is 0 Å². The minimum absolute atomic E-state index is 0.663. The molecule has 0 atom stereocenters. The Labute approximate surface area is 108 Å². The average molecular weight is 242 g/mol. The molecule has 0 aliphatic heterocycles. The molecule has 2 aromatic rings. The lowest BCUT2D eigenvalue weighted by Crippen LogP contribution is -2.04. The maximum Gasteiger partial charge on any atom is 0.180 e. The molecule has 0 saturated carbocycles. The third kappa shape index (κ3) is 3.52. The van der Waals surface area contributed by atoms with Crippen molar-refractivity contribution in [2.45, 2.75) is 26.2 Å². The zero-order chi connectivity index (χ0) is 12.6. The summed E-state index contributed by atoms with van der Waals surface area (Å²) in [6.07, 6.45) is 7.15. The van der Waals surface area contributed by atoms with E-state index in [2.05, 4.69) is 27.2 Å². The van der Waals surface area contributed by atoms with E-state index in [9.17, 15) is 0 Å². The SMILES string of the molecule is CCCCCNc1ccnc(-c2ccccn2)n1. The molecule has 0 amide bonds. The molecular formula is C14H18N4. The van der Waals surface area contributed by atoms with Gasteiger partial charge < -0.3 is 5.32 Å². The summed E-state index contributed by atoms with van der Waals surface area (Å²) in [7, 11) is 0. The fourth-order valence-corrected chi connectivity index (χ4v) is 1.67. The molecule has 18 heavy (non-hydrogen) atoms. The van der Waals surface area contributed by atoms with Gasteiger partial charge in [0.2, 0.25) is 0 Å². The van der Waals surface area contributed by atoms with Crippen LogP contribution in [0, 0.1) is 0 Å². The molecule has 4 heteroatoms. The summed E-state index contributed by atoms with van der Waals surface area (Å²) in [5.74, 6) is 1.53. The first-order chi connectivity index (χ1) is 8.90. The number of nitrogens with one attached hydrogen (secondary N) is 1. The van der Waals surface area contributed by atoms with E-state index in [1.165, 1.54) is 19.3 Å². The first-order valence-corrected chi connectivity index (χ1v) is 6.38. The van der Waals surface area contributed by atoms with Crippen molar-refractivity contribution < 1.29 is 0 Å². The van der Waals surface area contributed by atoms with Gasteiger partial charge in [-0.1, -0.05) is 25.8 Å². The van der Waals surface area contributed by atoms with Crippen molar-refractivity contribution in [1.29, 1.82) is 0 Å². The molecule has 2 heterocycles. The first-order valence-electron chi connectivity index (χ1n) is 6.38. The molecule has 0 aliphatic carbocycles. The van der Waals surface area contributed by atoms with Crippen LogP contribution in [0.5, 0.6) is 0 Å². The van der Waals surface area contributed by atoms with Crippen molar-refractivity contribution in [1.82, 2.24) is 15.0 Å². The van der Waals surface area contributed by atoms with Crippen LogP contribution < -0.4 is 5.32 Å². The van der Waals surface area contributed by atoms with Crippen LogP contribution in [0.3, 0.4) is 0 Å². The zero-order valence-corrected chi connectivity index (χ0v) is 10.6. The Morgan fingerprint density at radius 1 is 1.06 bits per heavy atom. The molecule has 0 aromatic carbocycles. The molecular weight excluding hydrogens is 224 g/mol. The second-order valence-electron chi connectivity index (χ2n) is 4.11. The Morgan fingerprint density at radius 2 is 2.00 bits per heavy atom. The van der Waals surface area contributed by atoms with Crippen molar-refractivity contribution in [3.05, 3.63) is 36.7 Å². The molecule has 2 rings (SSSR count). The van der Waals surface area contributed by atoms with Crippen molar-refractivity contribution >= 4 is 5.82 Å². The molecule has 0 radical (unpaired) electrons. The van der Waals surface area contributed by atoms with E-state index in [1.54, 1.807) is 12.4 Å². The summed E-state index contributed by atoms with van der Waals surface area (Å²) in [6.45, 7) is 3.15. The average Bonchev–Trinajstić information content (AvgIpc) is 2.45. The normalized spacial score (nSPS) is 10.3. The van der Waals surface area contributed by atoms with Gasteiger partial charge in [0.1, 0.15) is 11.5 Å². The largest absolute Gasteiger partial charge is 0.370 e. The predicted molar refractivity (Wildman–Crippen MR) is 73.3 cm³/mol. The predicted octanol–water partition coefficient (Wildman–Crippen LogP) is 3.14. The quantitative estimate of drug-likeness (QED) is 0.791. The van der Waals surface area contributed by atoms with Gasteiger partial charge in [-0.15, -0.1) is 0 Å². The highest BCUT2D eigenvalue weighted by Crippen LogP contribution is 2.12. The van der Waals surface area contributed by atoms with Gasteiger partial charge in [0.25, 0.3) is 0 Å². The van der Waals surface area contributed by atoms with E-state index in [1.807, 2.05) is 24.3 Å². The summed E-state index contributed by atoms with van der Waals surface area (Å²) in [6, 6.07) is 7.62. The van der Waals surface area contributed by atoms with E-state index in [-0.39, 0.29) is 0 Å². The molecule has 0 bridgehead atoms. The fourth-order valence-electron chi connectivity index (χ4n) is 1.67. The Bertz CT molecular complexity index is 470. The maximum atomic E-state index is 4.46. The van der Waals surface area contributed by atoms with Crippen LogP contribution in [0.2, 0.25) is 0 Å². The summed E-state index contributed by atoms with van der Waals surface area (Å²) in [5, 5.41) is 3.31. The number of rotatable bonds is 6. The lowest BCUT2D eigenvalue weighted by atomic mass is 10.2. The van der Waals surface area contributed by atoms with E-state index < -0.39 is 0 Å². The van der Waals surface area contributed by atoms with Crippen LogP contribution in [0.25, 0.3) is 11.5 Å². The number of hydrogen-bond donors (Lipinski definition) is 1. The summed E-state index contributed by atoms with van der Waals surface area (Å²) in [4.78, 5) is 12.9. The molecule has 0 spiro atoms. The summed E-state index contributed by atoms with van der Waals surface area (Å²) < 4.78 is 0. The van der Waals surface area contributed by atoms with Gasteiger partial charge in [0.15, 0.2) is 5.82 Å². The molecule has 2 aromatic heterocycles. The lowest BCUT2D eigenvalue weighted by Gasteiger charge is -2.06. The highest BCUT2D eigenvalue weighted by atomic mass is 15.0. The lowest BCUT2D eigenvalue weighted by molar-refractivity contribution is 0.742.